The van der Waals surface area contributed by atoms with Gasteiger partial charge in [0.2, 0.25) is 5.88 Å². The molecule has 4 saturated heterocycles. The van der Waals surface area contributed by atoms with Crippen LogP contribution in [0.25, 0.3) is 11.0 Å². The summed E-state index contributed by atoms with van der Waals surface area (Å²) in [5, 5.41) is 26.8. The van der Waals surface area contributed by atoms with E-state index in [-0.39, 0.29) is 23.2 Å². The first-order chi connectivity index (χ1) is 36.7. The number of anilines is 4. The minimum Gasteiger partial charge on any atom is -0.468 e. The minimum atomic E-state index is -4.63. The van der Waals surface area contributed by atoms with Crippen molar-refractivity contribution < 1.29 is 37.5 Å². The van der Waals surface area contributed by atoms with Crippen LogP contribution in [-0.2, 0) is 19.5 Å². The van der Waals surface area contributed by atoms with Gasteiger partial charge in [-0.1, -0.05) is 38.1 Å². The number of amides is 1. The molecular weight excluding hydrogens is 987 g/mol. The lowest BCUT2D eigenvalue weighted by Gasteiger charge is -2.47. The summed E-state index contributed by atoms with van der Waals surface area (Å²) < 4.78 is 49.0. The number of piperazine rings is 1. The standard InChI is InChI=1S/C57H73N9O9S/c1-37(2)44-6-4-5-7-45(44)52-35-63(41-17-27-73-28-18-41)25-26-64(52)34-39-15-23-62(24-16-39)42-8-10-46(49(31-42)65-48-19-29-74-36-53(48)75-56-51(65)30-40-14-22-58-54(40)60-56)55(67)61-76(71,72)43-9-11-47(50(32-43)66(69)70)59-33-38-12-20-57(3,68)21-13-38/h4-11,14,22,30-32,37-39,41,48,52-53,59,68H,12-13,15-21,23-29,33-36H2,1-3H3,(H,58,60)(H,61,67)/t38?,48-,52-,53-,57?/m0/s1. The van der Waals surface area contributed by atoms with Crippen molar-refractivity contribution in [3.05, 3.63) is 106 Å². The number of nitrogens with zero attached hydrogens (tertiary/aromatic N) is 6. The second kappa shape index (κ2) is 21.9. The summed E-state index contributed by atoms with van der Waals surface area (Å²) in [4.78, 5) is 44.1. The number of aliphatic hydroxyl groups is 1. The molecule has 1 saturated carbocycles. The van der Waals surface area contributed by atoms with Crippen LogP contribution in [0.2, 0.25) is 0 Å². The zero-order valence-electron chi connectivity index (χ0n) is 44.0. The molecule has 0 bridgehead atoms. The van der Waals surface area contributed by atoms with E-state index in [0.29, 0.717) is 85.8 Å². The number of aromatic nitrogens is 2. The maximum Gasteiger partial charge on any atom is 0.293 e. The molecule has 3 atom stereocenters. The van der Waals surface area contributed by atoms with Crippen LogP contribution in [0.5, 0.6) is 5.88 Å². The van der Waals surface area contributed by atoms with Crippen LogP contribution in [0.1, 0.15) is 112 Å². The number of ether oxygens (including phenoxy) is 3. The number of carbonyl (C=O) groups is 1. The summed E-state index contributed by atoms with van der Waals surface area (Å²) in [7, 11) is -4.63. The molecule has 2 aromatic heterocycles. The van der Waals surface area contributed by atoms with Gasteiger partial charge in [0, 0.05) is 101 Å². The maximum absolute atomic E-state index is 14.8. The number of nitrogens with one attached hydrogen (secondary N) is 3. The average Bonchev–Trinajstić information content (AvgIpc) is 3.92. The smallest absolute Gasteiger partial charge is 0.293 e. The molecule has 1 aliphatic carbocycles. The van der Waals surface area contributed by atoms with Gasteiger partial charge in [-0.15, -0.1) is 0 Å². The number of fused-ring (bicyclic) bond motifs is 3. The number of benzene rings is 3. The van der Waals surface area contributed by atoms with Crippen molar-refractivity contribution in [3.63, 3.8) is 0 Å². The Labute approximate surface area is 445 Å². The Bertz CT molecular complexity index is 3020. The Morgan fingerprint density at radius 2 is 1.68 bits per heavy atom. The summed E-state index contributed by atoms with van der Waals surface area (Å²) >= 11 is 0. The van der Waals surface area contributed by atoms with Gasteiger partial charge in [-0.25, -0.2) is 13.1 Å². The molecule has 0 unspecified atom stereocenters. The SMILES string of the molecule is CC(C)c1ccccc1[C@@H]1CN(C2CCOCC2)CCN1CC1CCN(c2ccc(C(=O)NS(=O)(=O)c3ccc(NCC4CCC(C)(O)CC4)c([N+](=O)[O-])c3)c(N3c4cc5cc[nH]c5nc4O[C@H]4COCC[C@@H]43)c2)CC1. The van der Waals surface area contributed by atoms with Crippen LogP contribution in [0.3, 0.4) is 0 Å². The number of hydrogen-bond acceptors (Lipinski definition) is 15. The number of H-pyrrole nitrogens is 1. The zero-order valence-corrected chi connectivity index (χ0v) is 44.8. The van der Waals surface area contributed by atoms with E-state index in [9.17, 15) is 28.4 Å². The topological polar surface area (TPSA) is 208 Å². The third kappa shape index (κ3) is 11.0. The van der Waals surface area contributed by atoms with Crippen LogP contribution < -0.4 is 24.6 Å². The van der Waals surface area contributed by atoms with Crippen LogP contribution >= 0.6 is 0 Å². The van der Waals surface area contributed by atoms with Crippen molar-refractivity contribution in [3.8, 4) is 5.88 Å². The molecule has 5 aliphatic heterocycles. The highest BCUT2D eigenvalue weighted by molar-refractivity contribution is 7.90. The molecule has 19 heteroatoms. The number of nitro groups is 1. The zero-order chi connectivity index (χ0) is 52.7. The Hall–Kier alpha value is -5.83. The average molecular weight is 1060 g/mol. The molecule has 6 aliphatic rings. The van der Waals surface area contributed by atoms with Gasteiger partial charge in [-0.2, -0.15) is 4.98 Å². The molecule has 0 radical (unpaired) electrons. The van der Waals surface area contributed by atoms with Gasteiger partial charge >= 0.3 is 0 Å². The molecule has 18 nitrogen and oxygen atoms in total. The van der Waals surface area contributed by atoms with Crippen LogP contribution in [0.4, 0.5) is 28.4 Å². The largest absolute Gasteiger partial charge is 0.468 e. The number of nitro benzene ring substituents is 1. The minimum absolute atomic E-state index is 0.112. The summed E-state index contributed by atoms with van der Waals surface area (Å²) in [6, 6.07) is 22.7. The molecule has 406 valence electrons. The van der Waals surface area contributed by atoms with Crippen LogP contribution in [0.15, 0.2) is 83.9 Å². The van der Waals surface area contributed by atoms with Crippen LogP contribution in [0, 0.1) is 22.0 Å². The van der Waals surface area contributed by atoms with Crippen molar-refractivity contribution in [2.75, 3.05) is 87.4 Å². The van der Waals surface area contributed by atoms with Gasteiger partial charge in [0.25, 0.3) is 21.6 Å². The highest BCUT2D eigenvalue weighted by Gasteiger charge is 2.43. The van der Waals surface area contributed by atoms with Crippen molar-refractivity contribution in [2.24, 2.45) is 11.8 Å². The molecule has 7 heterocycles. The van der Waals surface area contributed by atoms with Gasteiger partial charge in [0.05, 0.1) is 39.3 Å². The second-order valence-electron chi connectivity index (χ2n) is 22.6. The van der Waals surface area contributed by atoms with E-state index in [1.54, 1.807) is 6.07 Å². The number of rotatable bonds is 14. The fourth-order valence-corrected chi connectivity index (χ4v) is 13.8. The number of pyridine rings is 1. The lowest BCUT2D eigenvalue weighted by molar-refractivity contribution is -0.384. The fraction of sp³-hybridized carbons (Fsp3) is 0.544. The summed E-state index contributed by atoms with van der Waals surface area (Å²) in [5.74, 6) is 0.584. The van der Waals surface area contributed by atoms with Gasteiger partial charge in [-0.3, -0.25) is 24.7 Å². The maximum atomic E-state index is 14.8. The highest BCUT2D eigenvalue weighted by atomic mass is 32.2. The molecule has 4 N–H and O–H groups in total. The van der Waals surface area contributed by atoms with E-state index in [1.807, 2.05) is 37.4 Å². The number of sulfonamides is 1. The molecule has 1 amide bonds. The van der Waals surface area contributed by atoms with Gasteiger partial charge < -0.3 is 39.4 Å². The first-order valence-electron chi connectivity index (χ1n) is 27.6. The van der Waals surface area contributed by atoms with E-state index in [2.05, 4.69) is 72.7 Å². The van der Waals surface area contributed by atoms with Gasteiger partial charge in [0.1, 0.15) is 23.1 Å². The number of hydrogen-bond donors (Lipinski definition) is 4. The number of piperidine rings is 1. The van der Waals surface area contributed by atoms with Crippen molar-refractivity contribution in [1.29, 1.82) is 0 Å². The number of carbonyl (C=O) groups excluding carboxylic acids is 1. The fourth-order valence-electron chi connectivity index (χ4n) is 12.8. The molecular formula is C57H73N9O9S. The van der Waals surface area contributed by atoms with E-state index in [0.717, 1.165) is 108 Å². The third-order valence-electron chi connectivity index (χ3n) is 17.2. The quantitative estimate of drug-likeness (QED) is 0.0607. The third-order valence-corrected chi connectivity index (χ3v) is 18.6. The van der Waals surface area contributed by atoms with Crippen molar-refractivity contribution >= 4 is 55.4 Å². The first-order valence-corrected chi connectivity index (χ1v) is 29.0. The lowest BCUT2D eigenvalue weighted by atomic mass is 9.80. The van der Waals surface area contributed by atoms with E-state index >= 15 is 0 Å². The molecule has 5 aromatic rings. The van der Waals surface area contributed by atoms with E-state index in [4.69, 9.17) is 19.2 Å². The number of aromatic amines is 1. The Balaban J connectivity index is 0.864. The van der Waals surface area contributed by atoms with E-state index in [1.165, 1.54) is 23.3 Å². The molecule has 3 aromatic carbocycles. The first kappa shape index (κ1) is 52.2. The predicted octanol–water partition coefficient (Wildman–Crippen LogP) is 8.51. The molecule has 11 rings (SSSR count). The summed E-state index contributed by atoms with van der Waals surface area (Å²) in [6.07, 6.45) is 8.87. The Morgan fingerprint density at radius 3 is 2.46 bits per heavy atom. The van der Waals surface area contributed by atoms with Gasteiger partial charge in [-0.05, 0) is 136 Å². The second-order valence-corrected chi connectivity index (χ2v) is 24.3. The highest BCUT2D eigenvalue weighted by Crippen LogP contribution is 2.46. The van der Waals surface area contributed by atoms with Crippen molar-refractivity contribution in [2.45, 2.75) is 119 Å². The van der Waals surface area contributed by atoms with Gasteiger partial charge in [0.15, 0.2) is 0 Å². The van der Waals surface area contributed by atoms with Crippen molar-refractivity contribution in [1.82, 2.24) is 24.5 Å². The summed E-state index contributed by atoms with van der Waals surface area (Å²) in [6.45, 7) is 15.0. The normalized spacial score (nSPS) is 25.2. The monoisotopic (exact) mass is 1060 g/mol. The predicted molar refractivity (Wildman–Crippen MR) is 292 cm³/mol. The Morgan fingerprint density at radius 1 is 0.908 bits per heavy atom. The molecule has 0 spiro atoms. The van der Waals surface area contributed by atoms with E-state index < -0.39 is 43.1 Å². The summed E-state index contributed by atoms with van der Waals surface area (Å²) in [5.41, 5.74) is 4.70. The van der Waals surface area contributed by atoms with Crippen LogP contribution in [-0.4, -0.2) is 140 Å². The Kier molecular flexibility index (Phi) is 15.0. The lowest BCUT2D eigenvalue weighted by Crippen LogP contribution is -2.54. The molecule has 5 fully saturated rings. The molecule has 76 heavy (non-hydrogen) atoms.